The number of carbonyl (C=O) groups excluding carboxylic acids is 1. The molecule has 6 nitrogen and oxygen atoms in total. The van der Waals surface area contributed by atoms with Gasteiger partial charge in [0.15, 0.2) is 0 Å². The molecule has 0 radical (unpaired) electrons. The van der Waals surface area contributed by atoms with Crippen molar-refractivity contribution in [2.75, 3.05) is 54.6 Å². The van der Waals surface area contributed by atoms with Gasteiger partial charge in [-0.25, -0.2) is 0 Å². The molecule has 2 fully saturated rings. The van der Waals surface area contributed by atoms with Gasteiger partial charge in [-0.15, -0.1) is 6.58 Å². The Balaban J connectivity index is 1.69. The Hall–Kier alpha value is -2.41. The average Bonchev–Trinajstić information content (AvgIpc) is 3.35. The molecule has 0 saturated carbocycles. The van der Waals surface area contributed by atoms with E-state index >= 15 is 0 Å². The molecule has 1 amide bonds. The quantitative estimate of drug-likeness (QED) is 0.164. The number of unbranched alkanes of at least 4 members (excludes halogenated alkanes) is 1. The Morgan fingerprint density at radius 3 is 2.50 bits per heavy atom. The van der Waals surface area contributed by atoms with Crippen molar-refractivity contribution >= 4 is 35.1 Å². The molecule has 2 N–H and O–H groups in total. The van der Waals surface area contributed by atoms with Crippen molar-refractivity contribution in [3.8, 4) is 0 Å². The maximum atomic E-state index is 13.5. The van der Waals surface area contributed by atoms with Gasteiger partial charge in [0.05, 0.1) is 5.56 Å². The number of amides is 1. The lowest BCUT2D eigenvalue weighted by atomic mass is 9.93. The van der Waals surface area contributed by atoms with Gasteiger partial charge in [-0.2, -0.15) is 0 Å². The number of amidine groups is 1. The van der Waals surface area contributed by atoms with Gasteiger partial charge < -0.3 is 19.4 Å². The molecule has 186 valence electrons. The fourth-order valence-electron chi connectivity index (χ4n) is 4.41. The number of benzene rings is 1. The Bertz CT molecular complexity index is 906. The van der Waals surface area contributed by atoms with Crippen molar-refractivity contribution in [3.63, 3.8) is 0 Å². The highest BCUT2D eigenvalue weighted by Crippen LogP contribution is 2.32. The van der Waals surface area contributed by atoms with E-state index in [0.29, 0.717) is 32.0 Å². The standard InChI is InChI=1S/C27H41N5OS/c1-6-7-8-12-29-24-19-22(32-13-9-18-34-32)10-11-23(24)26(33)31-16-14-30(15-17-31)25(28)21(2)20-27(3,4)5/h6,10-11,19-20,28-29H,1,7-9,12-18H2,2-5H3/b21-20-,28-25?. The van der Waals surface area contributed by atoms with Crippen molar-refractivity contribution in [1.82, 2.24) is 9.80 Å². The molecular formula is C27H41N5OS. The topological polar surface area (TPSA) is 62.7 Å². The summed E-state index contributed by atoms with van der Waals surface area (Å²) in [4.78, 5) is 17.5. The first-order valence-electron chi connectivity index (χ1n) is 12.4. The van der Waals surface area contributed by atoms with E-state index in [1.165, 1.54) is 6.42 Å². The molecule has 0 atom stereocenters. The number of allylic oxidation sites excluding steroid dienone is 2. The maximum Gasteiger partial charge on any atom is 0.256 e. The van der Waals surface area contributed by atoms with E-state index in [1.807, 2.05) is 35.9 Å². The molecule has 0 unspecified atom stereocenters. The molecule has 1 aromatic carbocycles. The lowest BCUT2D eigenvalue weighted by Gasteiger charge is -2.37. The molecule has 2 saturated heterocycles. The number of nitrogens with zero attached hydrogens (tertiary/aromatic N) is 3. The molecule has 34 heavy (non-hydrogen) atoms. The summed E-state index contributed by atoms with van der Waals surface area (Å²) in [5.74, 6) is 1.78. The number of hydrogen-bond acceptors (Lipinski definition) is 5. The Labute approximate surface area is 210 Å². The largest absolute Gasteiger partial charge is 0.384 e. The molecule has 2 aliphatic heterocycles. The monoisotopic (exact) mass is 483 g/mol. The van der Waals surface area contributed by atoms with Gasteiger partial charge in [-0.05, 0) is 67.3 Å². The van der Waals surface area contributed by atoms with E-state index < -0.39 is 0 Å². The first-order valence-corrected chi connectivity index (χ1v) is 13.4. The third kappa shape index (κ3) is 7.05. The van der Waals surface area contributed by atoms with Crippen LogP contribution in [0, 0.1) is 10.8 Å². The van der Waals surface area contributed by atoms with E-state index in [1.54, 1.807) is 0 Å². The zero-order valence-corrected chi connectivity index (χ0v) is 22.1. The summed E-state index contributed by atoms with van der Waals surface area (Å²) in [6, 6.07) is 6.19. The molecule has 2 aliphatic rings. The van der Waals surface area contributed by atoms with Gasteiger partial charge in [-0.3, -0.25) is 10.2 Å². The highest BCUT2D eigenvalue weighted by Gasteiger charge is 2.26. The Kier molecular flexibility index (Phi) is 9.11. The van der Waals surface area contributed by atoms with Crippen LogP contribution in [0.2, 0.25) is 0 Å². The first kappa shape index (κ1) is 26.2. The molecule has 7 heteroatoms. The number of nitrogens with one attached hydrogen (secondary N) is 2. The van der Waals surface area contributed by atoms with Crippen LogP contribution in [0.1, 0.15) is 57.3 Å². The molecule has 1 aromatic rings. The van der Waals surface area contributed by atoms with Gasteiger partial charge in [0.1, 0.15) is 5.84 Å². The maximum absolute atomic E-state index is 13.5. The molecule has 0 bridgehead atoms. The first-order chi connectivity index (χ1) is 16.2. The van der Waals surface area contributed by atoms with Crippen LogP contribution in [0.15, 0.2) is 42.5 Å². The summed E-state index contributed by atoms with van der Waals surface area (Å²) in [7, 11) is 0. The van der Waals surface area contributed by atoms with Crippen molar-refractivity contribution < 1.29 is 4.79 Å². The van der Waals surface area contributed by atoms with Crippen molar-refractivity contribution in [3.05, 3.63) is 48.1 Å². The second-order valence-electron chi connectivity index (χ2n) is 10.2. The lowest BCUT2D eigenvalue weighted by Crippen LogP contribution is -2.50. The summed E-state index contributed by atoms with van der Waals surface area (Å²) < 4.78 is 2.32. The number of piperazine rings is 1. The van der Waals surface area contributed by atoms with Gasteiger partial charge in [0, 0.05) is 56.4 Å². The number of rotatable bonds is 8. The fourth-order valence-corrected chi connectivity index (χ4v) is 5.41. The summed E-state index contributed by atoms with van der Waals surface area (Å²) in [6.07, 6.45) is 7.21. The van der Waals surface area contributed by atoms with Crippen LogP contribution < -0.4 is 9.62 Å². The van der Waals surface area contributed by atoms with Crippen LogP contribution in [0.25, 0.3) is 0 Å². The van der Waals surface area contributed by atoms with Crippen LogP contribution in [0.4, 0.5) is 11.4 Å². The molecule has 2 heterocycles. The van der Waals surface area contributed by atoms with E-state index in [4.69, 9.17) is 5.41 Å². The summed E-state index contributed by atoms with van der Waals surface area (Å²) in [5, 5.41) is 12.1. The molecule has 0 aliphatic carbocycles. The normalized spacial score (nSPS) is 17.2. The van der Waals surface area contributed by atoms with Gasteiger partial charge in [-0.1, -0.05) is 32.9 Å². The summed E-state index contributed by atoms with van der Waals surface area (Å²) in [6.45, 7) is 16.8. The van der Waals surface area contributed by atoms with Crippen LogP contribution in [0.5, 0.6) is 0 Å². The number of hydrogen-bond donors (Lipinski definition) is 2. The van der Waals surface area contributed by atoms with Gasteiger partial charge in [0.25, 0.3) is 5.91 Å². The number of anilines is 2. The van der Waals surface area contributed by atoms with E-state index in [9.17, 15) is 4.79 Å². The van der Waals surface area contributed by atoms with Crippen LogP contribution in [-0.4, -0.2) is 66.6 Å². The Morgan fingerprint density at radius 1 is 1.18 bits per heavy atom. The molecule has 0 aromatic heterocycles. The van der Waals surface area contributed by atoms with E-state index in [-0.39, 0.29) is 11.3 Å². The summed E-state index contributed by atoms with van der Waals surface area (Å²) in [5.41, 5.74) is 3.85. The van der Waals surface area contributed by atoms with Crippen LogP contribution in [-0.2, 0) is 0 Å². The Morgan fingerprint density at radius 2 is 1.88 bits per heavy atom. The summed E-state index contributed by atoms with van der Waals surface area (Å²) >= 11 is 1.85. The minimum atomic E-state index is 0.0446. The third-order valence-corrected chi connectivity index (χ3v) is 7.26. The predicted molar refractivity (Wildman–Crippen MR) is 147 cm³/mol. The average molecular weight is 484 g/mol. The zero-order chi connectivity index (χ0) is 24.7. The minimum absolute atomic E-state index is 0.0446. The molecule has 0 spiro atoms. The second-order valence-corrected chi connectivity index (χ2v) is 11.3. The van der Waals surface area contributed by atoms with Gasteiger partial charge >= 0.3 is 0 Å². The molecular weight excluding hydrogens is 442 g/mol. The lowest BCUT2D eigenvalue weighted by molar-refractivity contribution is 0.0692. The zero-order valence-electron chi connectivity index (χ0n) is 21.3. The van der Waals surface area contributed by atoms with Crippen molar-refractivity contribution in [2.45, 2.75) is 47.0 Å². The van der Waals surface area contributed by atoms with Crippen molar-refractivity contribution in [1.29, 1.82) is 5.41 Å². The highest BCUT2D eigenvalue weighted by atomic mass is 32.2. The van der Waals surface area contributed by atoms with Crippen molar-refractivity contribution in [2.24, 2.45) is 5.41 Å². The van der Waals surface area contributed by atoms with Crippen LogP contribution in [0.3, 0.4) is 0 Å². The smallest absolute Gasteiger partial charge is 0.256 e. The van der Waals surface area contributed by atoms with E-state index in [2.05, 4.69) is 60.1 Å². The van der Waals surface area contributed by atoms with E-state index in [0.717, 1.165) is 54.2 Å². The fraction of sp³-hybridized carbons (Fsp3) is 0.556. The SMILES string of the molecule is C=CCCCNc1cc(N2CCCS2)ccc1C(=O)N1CCN(C(=N)/C(C)=C\C(C)(C)C)CC1. The van der Waals surface area contributed by atoms with Crippen LogP contribution >= 0.6 is 11.9 Å². The second kappa shape index (κ2) is 11.8. The highest BCUT2D eigenvalue weighted by molar-refractivity contribution is 8.00. The third-order valence-electron chi connectivity index (χ3n) is 6.08. The number of carbonyl (C=O) groups is 1. The van der Waals surface area contributed by atoms with Gasteiger partial charge in [0.2, 0.25) is 0 Å². The minimum Gasteiger partial charge on any atom is -0.384 e. The molecule has 3 rings (SSSR count). The predicted octanol–water partition coefficient (Wildman–Crippen LogP) is 5.65.